The van der Waals surface area contributed by atoms with Gasteiger partial charge in [0.15, 0.2) is 0 Å². The molecule has 0 saturated heterocycles. The van der Waals surface area contributed by atoms with Gasteiger partial charge in [0, 0.05) is 10.6 Å². The van der Waals surface area contributed by atoms with E-state index in [4.69, 9.17) is 16.1 Å². The fourth-order valence-electron chi connectivity index (χ4n) is 2.30. The molecule has 6 nitrogen and oxygen atoms in total. The molecule has 1 N–H and O–H groups in total. The minimum absolute atomic E-state index is 0.268. The zero-order valence-corrected chi connectivity index (χ0v) is 15.9. The van der Waals surface area contributed by atoms with Gasteiger partial charge in [0.1, 0.15) is 11.6 Å². The average Bonchev–Trinajstić information content (AvgIpc) is 3.36. The fourth-order valence-corrected chi connectivity index (χ4v) is 3.07. The van der Waals surface area contributed by atoms with Crippen LogP contribution in [-0.2, 0) is 5.75 Å². The van der Waals surface area contributed by atoms with Crippen LogP contribution in [0, 0.1) is 5.82 Å². The summed E-state index contributed by atoms with van der Waals surface area (Å²) >= 11 is 7.26. The molecule has 2 heterocycles. The summed E-state index contributed by atoms with van der Waals surface area (Å²) in [6.07, 6.45) is 3.60. The highest BCUT2D eigenvalue weighted by molar-refractivity contribution is 7.98. The highest BCUT2D eigenvalue weighted by Gasteiger charge is 2.10. The van der Waals surface area contributed by atoms with Crippen LogP contribution < -0.4 is 0 Å². The topological polar surface area (TPSA) is 80.5 Å². The van der Waals surface area contributed by atoms with E-state index in [0.717, 1.165) is 11.1 Å². The summed E-state index contributed by atoms with van der Waals surface area (Å²) in [5.74, 6) is 1.75. The van der Waals surface area contributed by atoms with E-state index in [1.54, 1.807) is 30.3 Å². The van der Waals surface area contributed by atoms with Crippen LogP contribution in [0.5, 0.6) is 0 Å². The molecule has 140 valence electrons. The number of rotatable bonds is 6. The van der Waals surface area contributed by atoms with Crippen molar-refractivity contribution in [1.29, 1.82) is 0 Å². The standard InChI is InChI=1S/C19H13ClFN5OS/c20-14-6-4-13(5-7-14)18-23-17(27-26-18)11-28-19-22-16(24-25-19)10-3-12-1-8-15(21)9-2-12/h1-10H,11H2,(H,22,24,25)/b10-3+. The zero-order valence-electron chi connectivity index (χ0n) is 14.3. The number of hydrogen-bond acceptors (Lipinski definition) is 6. The molecule has 0 aliphatic carbocycles. The van der Waals surface area contributed by atoms with E-state index >= 15 is 0 Å². The lowest BCUT2D eigenvalue weighted by molar-refractivity contribution is 0.391. The van der Waals surface area contributed by atoms with E-state index < -0.39 is 0 Å². The third-order valence-corrected chi connectivity index (χ3v) is 4.77. The second kappa shape index (κ2) is 8.37. The molecule has 0 saturated carbocycles. The van der Waals surface area contributed by atoms with Crippen molar-refractivity contribution in [3.05, 3.63) is 76.6 Å². The number of nitrogens with one attached hydrogen (secondary N) is 1. The van der Waals surface area contributed by atoms with Gasteiger partial charge in [-0.1, -0.05) is 46.7 Å². The van der Waals surface area contributed by atoms with Gasteiger partial charge in [-0.05, 0) is 48.0 Å². The first-order chi connectivity index (χ1) is 13.7. The number of benzene rings is 2. The smallest absolute Gasteiger partial charge is 0.237 e. The summed E-state index contributed by atoms with van der Waals surface area (Å²) in [5.41, 5.74) is 1.70. The van der Waals surface area contributed by atoms with Gasteiger partial charge in [-0.15, -0.1) is 5.10 Å². The Morgan fingerprint density at radius 1 is 1.04 bits per heavy atom. The molecule has 0 radical (unpaired) electrons. The maximum atomic E-state index is 12.9. The van der Waals surface area contributed by atoms with Gasteiger partial charge in [0.05, 0.1) is 5.75 Å². The van der Waals surface area contributed by atoms with E-state index in [0.29, 0.717) is 33.5 Å². The molecule has 4 rings (SSSR count). The number of hydrogen-bond donors (Lipinski definition) is 1. The lowest BCUT2D eigenvalue weighted by Crippen LogP contribution is -1.84. The Bertz CT molecular complexity index is 1090. The number of nitrogens with zero attached hydrogens (tertiary/aromatic N) is 4. The first kappa shape index (κ1) is 18.4. The average molecular weight is 414 g/mol. The second-order valence-electron chi connectivity index (χ2n) is 5.70. The van der Waals surface area contributed by atoms with Gasteiger partial charge in [-0.25, -0.2) is 9.37 Å². The van der Waals surface area contributed by atoms with Crippen molar-refractivity contribution in [3.8, 4) is 11.4 Å². The van der Waals surface area contributed by atoms with Gasteiger partial charge in [-0.3, -0.25) is 5.10 Å². The van der Waals surface area contributed by atoms with E-state index in [2.05, 4.69) is 25.3 Å². The van der Waals surface area contributed by atoms with Crippen molar-refractivity contribution in [2.24, 2.45) is 0 Å². The molecule has 2 aromatic heterocycles. The lowest BCUT2D eigenvalue weighted by atomic mass is 10.2. The lowest BCUT2D eigenvalue weighted by Gasteiger charge is -1.93. The molecule has 0 aliphatic rings. The Hall–Kier alpha value is -2.97. The van der Waals surface area contributed by atoms with Gasteiger partial charge < -0.3 is 4.52 Å². The van der Waals surface area contributed by atoms with Crippen LogP contribution in [0.25, 0.3) is 23.5 Å². The minimum Gasteiger partial charge on any atom is -0.338 e. The Kier molecular flexibility index (Phi) is 5.50. The molecule has 2 aromatic carbocycles. The molecule has 4 aromatic rings. The molecule has 0 atom stereocenters. The van der Waals surface area contributed by atoms with Crippen LogP contribution in [0.1, 0.15) is 17.3 Å². The predicted molar refractivity (Wildman–Crippen MR) is 106 cm³/mol. The number of H-pyrrole nitrogens is 1. The normalized spacial score (nSPS) is 11.4. The number of thioether (sulfide) groups is 1. The van der Waals surface area contributed by atoms with Crippen molar-refractivity contribution < 1.29 is 8.91 Å². The van der Waals surface area contributed by atoms with Crippen LogP contribution in [0.4, 0.5) is 4.39 Å². The van der Waals surface area contributed by atoms with Gasteiger partial charge in [-0.2, -0.15) is 4.98 Å². The number of aromatic nitrogens is 5. The van der Waals surface area contributed by atoms with Gasteiger partial charge in [0.2, 0.25) is 16.9 Å². The molecule has 0 bridgehead atoms. The highest BCUT2D eigenvalue weighted by Crippen LogP contribution is 2.22. The van der Waals surface area contributed by atoms with Crippen LogP contribution in [0.2, 0.25) is 5.02 Å². The molecule has 0 spiro atoms. The summed E-state index contributed by atoms with van der Waals surface area (Å²) in [6.45, 7) is 0. The predicted octanol–water partition coefficient (Wildman–Crippen LogP) is 5.11. The first-order valence-electron chi connectivity index (χ1n) is 8.23. The SMILES string of the molecule is Fc1ccc(/C=C/c2nc(SCc3nc(-c4ccc(Cl)cc4)no3)n[nH]2)cc1. The van der Waals surface area contributed by atoms with Crippen LogP contribution in [0.15, 0.2) is 58.2 Å². The fraction of sp³-hybridized carbons (Fsp3) is 0.0526. The monoisotopic (exact) mass is 413 g/mol. The summed E-state index contributed by atoms with van der Waals surface area (Å²) in [5, 5.41) is 12.2. The molecule has 0 unspecified atom stereocenters. The van der Waals surface area contributed by atoms with Crippen molar-refractivity contribution in [1.82, 2.24) is 25.3 Å². The Morgan fingerprint density at radius 3 is 2.61 bits per heavy atom. The summed E-state index contributed by atoms with van der Waals surface area (Å²) in [7, 11) is 0. The first-order valence-corrected chi connectivity index (χ1v) is 9.59. The third-order valence-electron chi connectivity index (χ3n) is 3.68. The second-order valence-corrected chi connectivity index (χ2v) is 7.07. The molecular formula is C19H13ClFN5OS. The largest absolute Gasteiger partial charge is 0.338 e. The van der Waals surface area contributed by atoms with Crippen LogP contribution >= 0.6 is 23.4 Å². The Balaban J connectivity index is 1.36. The zero-order chi connectivity index (χ0) is 19.3. The summed E-state index contributed by atoms with van der Waals surface area (Å²) in [4.78, 5) is 8.73. The van der Waals surface area contributed by atoms with Gasteiger partial charge in [0.25, 0.3) is 0 Å². The van der Waals surface area contributed by atoms with Crippen molar-refractivity contribution in [2.45, 2.75) is 10.9 Å². The highest BCUT2D eigenvalue weighted by atomic mass is 35.5. The summed E-state index contributed by atoms with van der Waals surface area (Å²) in [6, 6.07) is 13.4. The molecule has 0 amide bonds. The van der Waals surface area contributed by atoms with Crippen molar-refractivity contribution in [3.63, 3.8) is 0 Å². The minimum atomic E-state index is -0.268. The molecule has 28 heavy (non-hydrogen) atoms. The molecule has 0 aliphatic heterocycles. The summed E-state index contributed by atoms with van der Waals surface area (Å²) < 4.78 is 18.2. The molecule has 9 heteroatoms. The third kappa shape index (κ3) is 4.65. The van der Waals surface area contributed by atoms with E-state index in [1.165, 1.54) is 23.9 Å². The van der Waals surface area contributed by atoms with Gasteiger partial charge >= 0.3 is 0 Å². The van der Waals surface area contributed by atoms with E-state index in [-0.39, 0.29) is 5.82 Å². The van der Waals surface area contributed by atoms with Crippen molar-refractivity contribution in [2.75, 3.05) is 0 Å². The Labute approximate surface area is 168 Å². The quantitative estimate of drug-likeness (QED) is 0.442. The van der Waals surface area contributed by atoms with E-state index in [9.17, 15) is 4.39 Å². The number of halogens is 2. The maximum absolute atomic E-state index is 12.9. The molecule has 0 fully saturated rings. The maximum Gasteiger partial charge on any atom is 0.237 e. The Morgan fingerprint density at radius 2 is 1.82 bits per heavy atom. The number of aromatic amines is 1. The van der Waals surface area contributed by atoms with Crippen LogP contribution in [0.3, 0.4) is 0 Å². The van der Waals surface area contributed by atoms with Crippen LogP contribution in [-0.4, -0.2) is 25.3 Å². The van der Waals surface area contributed by atoms with E-state index in [1.807, 2.05) is 18.2 Å². The van der Waals surface area contributed by atoms with Crippen molar-refractivity contribution >= 4 is 35.5 Å². The molecular weight excluding hydrogens is 401 g/mol.